The summed E-state index contributed by atoms with van der Waals surface area (Å²) in [7, 11) is 0. The third-order valence-corrected chi connectivity index (χ3v) is 4.75. The Bertz CT molecular complexity index is 586. The third kappa shape index (κ3) is 1.31. The number of hydrogen-bond donors (Lipinski definition) is 0. The molecule has 0 N–H and O–H groups in total. The molecule has 0 unspecified atom stereocenters. The molecule has 3 rings (SSSR count). The number of nitriles is 1. The molecule has 1 aromatic rings. The SMILES string of the molecule is CC1(C)CC(=CC#N)c2cccc(F)c2C12CC2. The normalized spacial score (nSPS) is 24.7. The Labute approximate surface area is 107 Å². The van der Waals surface area contributed by atoms with Gasteiger partial charge in [-0.2, -0.15) is 5.26 Å². The van der Waals surface area contributed by atoms with Crippen molar-refractivity contribution in [2.75, 3.05) is 0 Å². The Morgan fingerprint density at radius 2 is 2.06 bits per heavy atom. The first-order chi connectivity index (χ1) is 8.52. The summed E-state index contributed by atoms with van der Waals surface area (Å²) in [6, 6.07) is 7.34. The van der Waals surface area contributed by atoms with Crippen LogP contribution in [-0.2, 0) is 5.41 Å². The molecule has 2 aliphatic rings. The standard InChI is InChI=1S/C16H16FN/c1-15(2)10-11(6-9-18)12-4-3-5-13(17)14(12)16(15)7-8-16/h3-6H,7-8,10H2,1-2H3. The summed E-state index contributed by atoms with van der Waals surface area (Å²) in [4.78, 5) is 0. The number of rotatable bonds is 0. The van der Waals surface area contributed by atoms with Crippen LogP contribution in [0.15, 0.2) is 24.3 Å². The molecular weight excluding hydrogens is 225 g/mol. The van der Waals surface area contributed by atoms with E-state index in [4.69, 9.17) is 5.26 Å². The van der Waals surface area contributed by atoms with Crippen LogP contribution in [0.5, 0.6) is 0 Å². The summed E-state index contributed by atoms with van der Waals surface area (Å²) in [6.07, 6.45) is 4.56. The van der Waals surface area contributed by atoms with Gasteiger partial charge in [0.05, 0.1) is 6.07 Å². The fourth-order valence-electron chi connectivity index (χ4n) is 3.62. The Hall–Kier alpha value is -1.62. The molecule has 0 bridgehead atoms. The molecule has 1 nitrogen and oxygen atoms in total. The molecule has 0 atom stereocenters. The summed E-state index contributed by atoms with van der Waals surface area (Å²) in [5.74, 6) is -0.110. The van der Waals surface area contributed by atoms with Crippen molar-refractivity contribution in [1.82, 2.24) is 0 Å². The lowest BCUT2D eigenvalue weighted by molar-refractivity contribution is 0.255. The molecule has 0 aliphatic heterocycles. The third-order valence-electron chi connectivity index (χ3n) is 4.75. The molecule has 0 radical (unpaired) electrons. The van der Waals surface area contributed by atoms with Crippen LogP contribution < -0.4 is 0 Å². The van der Waals surface area contributed by atoms with E-state index in [2.05, 4.69) is 19.9 Å². The predicted octanol–water partition coefficient (Wildman–Crippen LogP) is 4.19. The van der Waals surface area contributed by atoms with Gasteiger partial charge in [-0.05, 0) is 41.9 Å². The van der Waals surface area contributed by atoms with Crippen molar-refractivity contribution in [3.8, 4) is 6.07 Å². The minimum atomic E-state index is -0.110. The second kappa shape index (κ2) is 3.45. The number of benzene rings is 1. The average Bonchev–Trinajstić information content (AvgIpc) is 3.08. The molecule has 0 aromatic heterocycles. The minimum absolute atomic E-state index is 0.000469. The van der Waals surface area contributed by atoms with Gasteiger partial charge in [-0.25, -0.2) is 4.39 Å². The van der Waals surface area contributed by atoms with Crippen molar-refractivity contribution in [1.29, 1.82) is 5.26 Å². The fourth-order valence-corrected chi connectivity index (χ4v) is 3.62. The van der Waals surface area contributed by atoms with Gasteiger partial charge in [0, 0.05) is 17.1 Å². The molecular formula is C16H16FN. The number of fused-ring (bicyclic) bond motifs is 2. The van der Waals surface area contributed by atoms with Gasteiger partial charge in [0.15, 0.2) is 0 Å². The maximum absolute atomic E-state index is 14.3. The van der Waals surface area contributed by atoms with E-state index in [0.29, 0.717) is 0 Å². The molecule has 1 fully saturated rings. The fraction of sp³-hybridized carbons (Fsp3) is 0.438. The van der Waals surface area contributed by atoms with Gasteiger partial charge in [0.2, 0.25) is 0 Å². The largest absolute Gasteiger partial charge is 0.207 e. The van der Waals surface area contributed by atoms with Crippen molar-refractivity contribution in [3.05, 3.63) is 41.2 Å². The maximum Gasteiger partial charge on any atom is 0.127 e. The molecule has 0 saturated heterocycles. The topological polar surface area (TPSA) is 23.8 Å². The number of halogens is 1. The van der Waals surface area contributed by atoms with E-state index in [-0.39, 0.29) is 16.6 Å². The number of hydrogen-bond acceptors (Lipinski definition) is 1. The van der Waals surface area contributed by atoms with Crippen molar-refractivity contribution in [2.24, 2.45) is 5.41 Å². The van der Waals surface area contributed by atoms with Gasteiger partial charge in [-0.1, -0.05) is 26.0 Å². The molecule has 2 heteroatoms. The van der Waals surface area contributed by atoms with Gasteiger partial charge in [-0.3, -0.25) is 0 Å². The van der Waals surface area contributed by atoms with Crippen molar-refractivity contribution < 1.29 is 4.39 Å². The number of nitrogens with zero attached hydrogens (tertiary/aromatic N) is 1. The quantitative estimate of drug-likeness (QED) is 0.625. The van der Waals surface area contributed by atoms with Crippen molar-refractivity contribution in [3.63, 3.8) is 0 Å². The first-order valence-corrected chi connectivity index (χ1v) is 6.40. The van der Waals surface area contributed by atoms with Gasteiger partial charge < -0.3 is 0 Å². The lowest BCUT2D eigenvalue weighted by Gasteiger charge is -2.42. The van der Waals surface area contributed by atoms with Crippen molar-refractivity contribution in [2.45, 2.75) is 38.5 Å². The summed E-state index contributed by atoms with van der Waals surface area (Å²) in [5.41, 5.74) is 2.82. The average molecular weight is 241 g/mol. The Kier molecular flexibility index (Phi) is 2.20. The summed E-state index contributed by atoms with van der Waals surface area (Å²) >= 11 is 0. The second-order valence-electron chi connectivity index (χ2n) is 6.10. The Morgan fingerprint density at radius 3 is 2.67 bits per heavy atom. The van der Waals surface area contributed by atoms with Crippen molar-refractivity contribution >= 4 is 5.57 Å². The van der Waals surface area contributed by atoms with Gasteiger partial charge >= 0.3 is 0 Å². The van der Waals surface area contributed by atoms with Gasteiger partial charge in [0.25, 0.3) is 0 Å². The zero-order chi connectivity index (χ0) is 13.0. The molecule has 1 aromatic carbocycles. The van der Waals surface area contributed by atoms with E-state index in [1.165, 1.54) is 0 Å². The molecule has 18 heavy (non-hydrogen) atoms. The summed E-state index contributed by atoms with van der Waals surface area (Å²) in [5, 5.41) is 8.91. The summed E-state index contributed by atoms with van der Waals surface area (Å²) < 4.78 is 14.3. The molecule has 0 amide bonds. The van der Waals surface area contributed by atoms with Gasteiger partial charge in [0.1, 0.15) is 5.82 Å². The lowest BCUT2D eigenvalue weighted by Crippen LogP contribution is -2.35. The Balaban J connectivity index is 2.30. The van der Waals surface area contributed by atoms with E-state index in [9.17, 15) is 4.39 Å². The monoisotopic (exact) mass is 241 g/mol. The van der Waals surface area contributed by atoms with Crippen LogP contribution >= 0.6 is 0 Å². The van der Waals surface area contributed by atoms with Crippen LogP contribution in [0.2, 0.25) is 0 Å². The molecule has 0 heterocycles. The lowest BCUT2D eigenvalue weighted by atomic mass is 9.62. The number of allylic oxidation sites excluding steroid dienone is 2. The first kappa shape index (κ1) is 11.5. The van der Waals surface area contributed by atoms with Gasteiger partial charge in [-0.15, -0.1) is 0 Å². The Morgan fingerprint density at radius 1 is 1.33 bits per heavy atom. The van der Waals surface area contributed by atoms with E-state index >= 15 is 0 Å². The van der Waals surface area contributed by atoms with Crippen LogP contribution in [0.3, 0.4) is 0 Å². The minimum Gasteiger partial charge on any atom is -0.207 e. The highest BCUT2D eigenvalue weighted by atomic mass is 19.1. The van der Waals surface area contributed by atoms with Crippen LogP contribution in [0, 0.1) is 22.6 Å². The van der Waals surface area contributed by atoms with E-state index in [1.807, 2.05) is 6.07 Å². The molecule has 2 aliphatic carbocycles. The molecule has 1 saturated carbocycles. The van der Waals surface area contributed by atoms with Crippen LogP contribution in [0.4, 0.5) is 4.39 Å². The maximum atomic E-state index is 14.3. The smallest absolute Gasteiger partial charge is 0.127 e. The highest BCUT2D eigenvalue weighted by molar-refractivity contribution is 5.75. The zero-order valence-electron chi connectivity index (χ0n) is 10.8. The predicted molar refractivity (Wildman–Crippen MR) is 69.3 cm³/mol. The first-order valence-electron chi connectivity index (χ1n) is 6.40. The van der Waals surface area contributed by atoms with E-state index < -0.39 is 0 Å². The highest BCUT2D eigenvalue weighted by Crippen LogP contribution is 2.66. The van der Waals surface area contributed by atoms with Crippen LogP contribution in [-0.4, -0.2) is 0 Å². The molecule has 92 valence electrons. The highest BCUT2D eigenvalue weighted by Gasteiger charge is 2.59. The van der Waals surface area contributed by atoms with E-state index in [0.717, 1.165) is 36.0 Å². The van der Waals surface area contributed by atoms with E-state index in [1.54, 1.807) is 18.2 Å². The van der Waals surface area contributed by atoms with Crippen LogP contribution in [0.1, 0.15) is 44.2 Å². The second-order valence-corrected chi connectivity index (χ2v) is 6.10. The molecule has 1 spiro atoms. The zero-order valence-corrected chi connectivity index (χ0v) is 10.8. The van der Waals surface area contributed by atoms with Crippen LogP contribution in [0.25, 0.3) is 5.57 Å². The summed E-state index contributed by atoms with van der Waals surface area (Å²) in [6.45, 7) is 4.39.